The standard InChI is InChI=1S/C31H28N2O3S/c1-37-25-11-7-21(8-12-25)19-32-31(34)23-9-13-28-30(17-23)35-16-15-33(28)24-10-14-29-26(18-24)27(20-36-29)22-5-3-2-4-6-22/h2-14,17-18,27H,15-16,19-20H2,1H3,(H,32,34). The molecule has 5 nitrogen and oxygen atoms in total. The highest BCUT2D eigenvalue weighted by Crippen LogP contribution is 2.43. The summed E-state index contributed by atoms with van der Waals surface area (Å²) in [5, 5.41) is 3.02. The Hall–Kier alpha value is -3.90. The van der Waals surface area contributed by atoms with E-state index in [1.807, 2.05) is 36.4 Å². The molecule has 0 saturated heterocycles. The summed E-state index contributed by atoms with van der Waals surface area (Å²) in [6.07, 6.45) is 2.05. The maximum Gasteiger partial charge on any atom is 0.251 e. The number of benzene rings is 4. The lowest BCUT2D eigenvalue weighted by molar-refractivity contribution is 0.0950. The number of nitrogens with zero attached hydrogens (tertiary/aromatic N) is 1. The van der Waals surface area contributed by atoms with E-state index in [0.717, 1.165) is 35.0 Å². The zero-order valence-corrected chi connectivity index (χ0v) is 21.5. The number of hydrogen-bond donors (Lipinski definition) is 1. The molecule has 1 atom stereocenters. The fourth-order valence-electron chi connectivity index (χ4n) is 4.99. The molecule has 186 valence electrons. The summed E-state index contributed by atoms with van der Waals surface area (Å²) < 4.78 is 12.0. The summed E-state index contributed by atoms with van der Waals surface area (Å²) in [7, 11) is 0. The molecule has 4 aromatic carbocycles. The zero-order valence-electron chi connectivity index (χ0n) is 20.6. The number of hydrogen-bond acceptors (Lipinski definition) is 5. The Bertz CT molecular complexity index is 1420. The predicted octanol–water partition coefficient (Wildman–Crippen LogP) is 6.39. The molecular weight excluding hydrogens is 480 g/mol. The third-order valence-electron chi connectivity index (χ3n) is 6.99. The van der Waals surface area contributed by atoms with Crippen LogP contribution in [0.2, 0.25) is 0 Å². The van der Waals surface area contributed by atoms with Crippen molar-refractivity contribution >= 4 is 29.0 Å². The van der Waals surface area contributed by atoms with Gasteiger partial charge in [0.1, 0.15) is 18.1 Å². The topological polar surface area (TPSA) is 50.8 Å². The minimum atomic E-state index is -0.113. The second-order valence-electron chi connectivity index (χ2n) is 9.21. The van der Waals surface area contributed by atoms with E-state index in [4.69, 9.17) is 9.47 Å². The molecule has 2 aliphatic rings. The van der Waals surface area contributed by atoms with Crippen LogP contribution in [-0.2, 0) is 6.54 Å². The van der Waals surface area contributed by atoms with Crippen molar-refractivity contribution in [3.63, 3.8) is 0 Å². The molecule has 0 saturated carbocycles. The van der Waals surface area contributed by atoms with Crippen molar-refractivity contribution in [1.29, 1.82) is 0 Å². The Labute approximate surface area is 221 Å². The molecule has 6 rings (SSSR count). The quantitative estimate of drug-likeness (QED) is 0.306. The fraction of sp³-hybridized carbons (Fsp3) is 0.194. The summed E-state index contributed by atoms with van der Waals surface area (Å²) in [6.45, 7) is 2.43. The Kier molecular flexibility index (Phi) is 6.49. The molecule has 0 fully saturated rings. The molecule has 0 aromatic heterocycles. The molecule has 2 heterocycles. The molecule has 0 radical (unpaired) electrons. The van der Waals surface area contributed by atoms with Crippen LogP contribution >= 0.6 is 11.8 Å². The van der Waals surface area contributed by atoms with Crippen molar-refractivity contribution < 1.29 is 14.3 Å². The Morgan fingerprint density at radius 2 is 1.78 bits per heavy atom. The van der Waals surface area contributed by atoms with E-state index in [0.29, 0.717) is 25.3 Å². The van der Waals surface area contributed by atoms with Gasteiger partial charge in [-0.1, -0.05) is 42.5 Å². The normalized spacial score (nSPS) is 15.8. The molecule has 1 N–H and O–H groups in total. The number of fused-ring (bicyclic) bond motifs is 2. The van der Waals surface area contributed by atoms with E-state index >= 15 is 0 Å². The predicted molar refractivity (Wildman–Crippen MR) is 149 cm³/mol. The monoisotopic (exact) mass is 508 g/mol. The molecule has 1 unspecified atom stereocenters. The summed E-state index contributed by atoms with van der Waals surface area (Å²) >= 11 is 1.70. The second kappa shape index (κ2) is 10.2. The van der Waals surface area contributed by atoms with Crippen LogP contribution < -0.4 is 19.7 Å². The minimum Gasteiger partial charge on any atom is -0.492 e. The molecule has 4 aromatic rings. The average Bonchev–Trinajstić information content (AvgIpc) is 3.39. The number of anilines is 2. The third kappa shape index (κ3) is 4.77. The summed E-state index contributed by atoms with van der Waals surface area (Å²) in [5.74, 6) is 1.78. The molecule has 6 heteroatoms. The van der Waals surface area contributed by atoms with Gasteiger partial charge in [-0.2, -0.15) is 0 Å². The maximum atomic E-state index is 12.9. The van der Waals surface area contributed by atoms with Gasteiger partial charge >= 0.3 is 0 Å². The number of carbonyl (C=O) groups excluding carboxylic acids is 1. The first-order chi connectivity index (χ1) is 18.2. The Balaban J connectivity index is 1.21. The summed E-state index contributed by atoms with van der Waals surface area (Å²) in [6, 6.07) is 30.8. The van der Waals surface area contributed by atoms with Gasteiger partial charge in [0.05, 0.1) is 18.8 Å². The molecule has 2 aliphatic heterocycles. The van der Waals surface area contributed by atoms with Gasteiger partial charge < -0.3 is 19.7 Å². The van der Waals surface area contributed by atoms with Crippen LogP contribution in [0.5, 0.6) is 11.5 Å². The van der Waals surface area contributed by atoms with Crippen molar-refractivity contribution in [3.05, 3.63) is 113 Å². The van der Waals surface area contributed by atoms with Gasteiger partial charge in [0.25, 0.3) is 5.91 Å². The van der Waals surface area contributed by atoms with Crippen LogP contribution in [0.15, 0.2) is 95.9 Å². The number of amides is 1. The van der Waals surface area contributed by atoms with Crippen molar-refractivity contribution in [3.8, 4) is 11.5 Å². The first-order valence-electron chi connectivity index (χ1n) is 12.5. The average molecular weight is 509 g/mol. The highest BCUT2D eigenvalue weighted by atomic mass is 32.2. The van der Waals surface area contributed by atoms with Gasteiger partial charge in [-0.3, -0.25) is 4.79 Å². The lowest BCUT2D eigenvalue weighted by atomic mass is 9.93. The first kappa shape index (κ1) is 23.5. The highest BCUT2D eigenvalue weighted by Gasteiger charge is 2.28. The van der Waals surface area contributed by atoms with Crippen molar-refractivity contribution in [1.82, 2.24) is 5.32 Å². The van der Waals surface area contributed by atoms with Gasteiger partial charge in [0, 0.05) is 34.2 Å². The second-order valence-corrected chi connectivity index (χ2v) is 10.1. The van der Waals surface area contributed by atoms with Gasteiger partial charge in [-0.15, -0.1) is 11.8 Å². The summed E-state index contributed by atoms with van der Waals surface area (Å²) in [4.78, 5) is 16.3. The molecule has 0 bridgehead atoms. The number of rotatable bonds is 6. The van der Waals surface area contributed by atoms with Crippen molar-refractivity contribution in [2.45, 2.75) is 17.4 Å². The van der Waals surface area contributed by atoms with E-state index in [9.17, 15) is 4.79 Å². The fourth-order valence-corrected chi connectivity index (χ4v) is 5.40. The SMILES string of the molecule is CSc1ccc(CNC(=O)c2ccc3c(c2)OCCN3c2ccc3c(c2)C(c2ccccc2)CO3)cc1. The number of carbonyl (C=O) groups is 1. The van der Waals surface area contributed by atoms with Gasteiger partial charge in [0.2, 0.25) is 0 Å². The highest BCUT2D eigenvalue weighted by molar-refractivity contribution is 7.98. The Morgan fingerprint density at radius 1 is 0.946 bits per heavy atom. The molecule has 0 spiro atoms. The third-order valence-corrected chi connectivity index (χ3v) is 7.73. The van der Waals surface area contributed by atoms with Crippen LogP contribution in [0.1, 0.15) is 33.0 Å². The van der Waals surface area contributed by atoms with Crippen LogP contribution in [0.4, 0.5) is 11.4 Å². The lowest BCUT2D eigenvalue weighted by Crippen LogP contribution is -2.29. The number of nitrogens with one attached hydrogen (secondary N) is 1. The first-order valence-corrected chi connectivity index (χ1v) is 13.7. The van der Waals surface area contributed by atoms with Gasteiger partial charge in [0.15, 0.2) is 0 Å². The minimum absolute atomic E-state index is 0.113. The maximum absolute atomic E-state index is 12.9. The molecular formula is C31H28N2O3S. The van der Waals surface area contributed by atoms with Crippen molar-refractivity contribution in [2.75, 3.05) is 30.9 Å². The van der Waals surface area contributed by atoms with E-state index in [1.165, 1.54) is 16.0 Å². The summed E-state index contributed by atoms with van der Waals surface area (Å²) in [5.41, 5.74) is 6.19. The molecule has 0 aliphatic carbocycles. The van der Waals surface area contributed by atoms with E-state index in [2.05, 4.69) is 71.1 Å². The van der Waals surface area contributed by atoms with Crippen molar-refractivity contribution in [2.24, 2.45) is 0 Å². The lowest BCUT2D eigenvalue weighted by Gasteiger charge is -2.32. The van der Waals surface area contributed by atoms with Crippen LogP contribution in [0.3, 0.4) is 0 Å². The molecule has 37 heavy (non-hydrogen) atoms. The van der Waals surface area contributed by atoms with Gasteiger partial charge in [-0.05, 0) is 65.9 Å². The van der Waals surface area contributed by atoms with Gasteiger partial charge in [-0.25, -0.2) is 0 Å². The number of ether oxygens (including phenoxy) is 2. The van der Waals surface area contributed by atoms with Crippen LogP contribution in [0.25, 0.3) is 0 Å². The van der Waals surface area contributed by atoms with E-state index < -0.39 is 0 Å². The van der Waals surface area contributed by atoms with E-state index in [1.54, 1.807) is 11.8 Å². The largest absolute Gasteiger partial charge is 0.492 e. The number of thioether (sulfide) groups is 1. The Morgan fingerprint density at radius 3 is 2.59 bits per heavy atom. The smallest absolute Gasteiger partial charge is 0.251 e. The van der Waals surface area contributed by atoms with E-state index in [-0.39, 0.29) is 11.8 Å². The molecule has 1 amide bonds. The van der Waals surface area contributed by atoms with Crippen LogP contribution in [0, 0.1) is 0 Å². The zero-order chi connectivity index (χ0) is 25.2. The van der Waals surface area contributed by atoms with Crippen LogP contribution in [-0.4, -0.2) is 31.9 Å².